The predicted molar refractivity (Wildman–Crippen MR) is 63.8 cm³/mol. The van der Waals surface area contributed by atoms with Crippen molar-refractivity contribution in [1.29, 1.82) is 0 Å². The van der Waals surface area contributed by atoms with Crippen LogP contribution >= 0.6 is 0 Å². The van der Waals surface area contributed by atoms with Crippen LogP contribution < -0.4 is 11.1 Å². The van der Waals surface area contributed by atoms with Gasteiger partial charge in [-0.15, -0.1) is 0 Å². The van der Waals surface area contributed by atoms with Crippen LogP contribution in [-0.4, -0.2) is 18.5 Å². The van der Waals surface area contributed by atoms with E-state index in [2.05, 4.69) is 5.32 Å². The minimum absolute atomic E-state index is 0.135. The maximum atomic E-state index is 13.0. The highest BCUT2D eigenvalue weighted by Gasteiger charge is 2.27. The van der Waals surface area contributed by atoms with Gasteiger partial charge in [0.05, 0.1) is 5.92 Å². The molecule has 0 bridgehead atoms. The second-order valence-corrected chi connectivity index (χ2v) is 4.70. The van der Waals surface area contributed by atoms with Crippen molar-refractivity contribution < 1.29 is 13.6 Å². The fraction of sp³-hybridized carbons (Fsp3) is 0.462. The Morgan fingerprint density at radius 2 is 1.94 bits per heavy atom. The summed E-state index contributed by atoms with van der Waals surface area (Å²) in [6.07, 6.45) is 2.25. The monoisotopic (exact) mass is 254 g/mol. The Kier molecular flexibility index (Phi) is 3.91. The Labute approximate surface area is 104 Å². The fourth-order valence-corrected chi connectivity index (χ4v) is 1.84. The van der Waals surface area contributed by atoms with Crippen LogP contribution in [0.1, 0.15) is 18.4 Å². The molecule has 1 unspecified atom stereocenters. The third-order valence-corrected chi connectivity index (χ3v) is 2.98. The summed E-state index contributed by atoms with van der Waals surface area (Å²) in [7, 11) is 0. The first-order chi connectivity index (χ1) is 8.58. The average molecular weight is 254 g/mol. The molecule has 1 atom stereocenters. The van der Waals surface area contributed by atoms with E-state index in [1.165, 1.54) is 12.1 Å². The minimum atomic E-state index is -0.636. The van der Waals surface area contributed by atoms with Crippen LogP contribution in [-0.2, 0) is 11.2 Å². The summed E-state index contributed by atoms with van der Waals surface area (Å²) in [4.78, 5) is 11.8. The predicted octanol–water partition coefficient (Wildman–Crippen LogP) is 1.36. The van der Waals surface area contributed by atoms with Crippen LogP contribution in [0.2, 0.25) is 0 Å². The first-order valence-electron chi connectivity index (χ1n) is 6.04. The molecule has 3 N–H and O–H groups in total. The van der Waals surface area contributed by atoms with Gasteiger partial charge >= 0.3 is 0 Å². The molecule has 1 aliphatic rings. The molecular weight excluding hydrogens is 238 g/mol. The van der Waals surface area contributed by atoms with Crippen LogP contribution in [0.15, 0.2) is 18.2 Å². The minimum Gasteiger partial charge on any atom is -0.353 e. The number of hydrogen-bond acceptors (Lipinski definition) is 2. The number of rotatable bonds is 5. The molecule has 5 heteroatoms. The van der Waals surface area contributed by atoms with Crippen LogP contribution in [0.3, 0.4) is 0 Å². The Morgan fingerprint density at radius 3 is 2.44 bits per heavy atom. The Morgan fingerprint density at radius 1 is 1.33 bits per heavy atom. The van der Waals surface area contributed by atoms with Crippen molar-refractivity contribution in [2.45, 2.75) is 25.3 Å². The molecule has 0 heterocycles. The van der Waals surface area contributed by atoms with Crippen molar-refractivity contribution in [3.63, 3.8) is 0 Å². The molecule has 3 nitrogen and oxygen atoms in total. The molecular formula is C13H16F2N2O. The van der Waals surface area contributed by atoms with Gasteiger partial charge in [-0.05, 0) is 37.0 Å². The lowest BCUT2D eigenvalue weighted by Crippen LogP contribution is -2.37. The van der Waals surface area contributed by atoms with Gasteiger partial charge in [0.2, 0.25) is 5.91 Å². The summed E-state index contributed by atoms with van der Waals surface area (Å²) >= 11 is 0. The van der Waals surface area contributed by atoms with E-state index in [-0.39, 0.29) is 24.9 Å². The summed E-state index contributed by atoms with van der Waals surface area (Å²) in [5, 5.41) is 2.85. The lowest BCUT2D eigenvalue weighted by molar-refractivity contribution is -0.124. The molecule has 1 fully saturated rings. The number of carbonyl (C=O) groups excluding carboxylic acids is 1. The summed E-state index contributed by atoms with van der Waals surface area (Å²) in [6, 6.07) is 3.54. The van der Waals surface area contributed by atoms with Gasteiger partial charge in [-0.25, -0.2) is 8.78 Å². The lowest BCUT2D eigenvalue weighted by Gasteiger charge is -2.14. The van der Waals surface area contributed by atoms with E-state index in [1.807, 2.05) is 0 Å². The SMILES string of the molecule is NCC(Cc1cc(F)cc(F)c1)C(=O)NC1CC1. The number of amides is 1. The number of hydrogen-bond donors (Lipinski definition) is 2. The van der Waals surface area contributed by atoms with Crippen LogP contribution in [0.5, 0.6) is 0 Å². The van der Waals surface area contributed by atoms with E-state index in [0.29, 0.717) is 5.56 Å². The summed E-state index contributed by atoms with van der Waals surface area (Å²) < 4.78 is 26.1. The quantitative estimate of drug-likeness (QED) is 0.833. The second kappa shape index (κ2) is 5.44. The molecule has 0 spiro atoms. The Hall–Kier alpha value is -1.49. The van der Waals surface area contributed by atoms with E-state index in [0.717, 1.165) is 18.9 Å². The number of nitrogens with two attached hydrogens (primary N) is 1. The second-order valence-electron chi connectivity index (χ2n) is 4.70. The van der Waals surface area contributed by atoms with E-state index in [4.69, 9.17) is 5.73 Å². The van der Waals surface area contributed by atoms with Crippen molar-refractivity contribution in [3.05, 3.63) is 35.4 Å². The molecule has 0 radical (unpaired) electrons. The molecule has 18 heavy (non-hydrogen) atoms. The molecule has 98 valence electrons. The van der Waals surface area contributed by atoms with Gasteiger partial charge in [-0.3, -0.25) is 4.79 Å². The maximum Gasteiger partial charge on any atom is 0.224 e. The van der Waals surface area contributed by atoms with Crippen molar-refractivity contribution in [3.8, 4) is 0 Å². The van der Waals surface area contributed by atoms with Crippen molar-refractivity contribution >= 4 is 5.91 Å². The lowest BCUT2D eigenvalue weighted by atomic mass is 9.98. The first kappa shape index (κ1) is 13.0. The van der Waals surface area contributed by atoms with Crippen LogP contribution in [0.25, 0.3) is 0 Å². The van der Waals surface area contributed by atoms with E-state index < -0.39 is 17.6 Å². The molecule has 1 aliphatic carbocycles. The molecule has 2 rings (SSSR count). The van der Waals surface area contributed by atoms with E-state index in [9.17, 15) is 13.6 Å². The van der Waals surface area contributed by atoms with E-state index in [1.54, 1.807) is 0 Å². The van der Waals surface area contributed by atoms with Gasteiger partial charge in [0, 0.05) is 18.7 Å². The first-order valence-corrected chi connectivity index (χ1v) is 6.04. The smallest absolute Gasteiger partial charge is 0.224 e. The van der Waals surface area contributed by atoms with Crippen molar-refractivity contribution in [2.75, 3.05) is 6.54 Å². The van der Waals surface area contributed by atoms with Crippen LogP contribution in [0, 0.1) is 17.6 Å². The Balaban J connectivity index is 2.01. The molecule has 1 saturated carbocycles. The molecule has 0 saturated heterocycles. The molecule has 1 amide bonds. The van der Waals surface area contributed by atoms with Gasteiger partial charge in [0.1, 0.15) is 11.6 Å². The molecule has 0 aliphatic heterocycles. The standard InChI is InChI=1S/C13H16F2N2O/c14-10-4-8(5-11(15)6-10)3-9(7-16)13(18)17-12-1-2-12/h4-6,9,12H,1-3,7,16H2,(H,17,18). The molecule has 1 aromatic rings. The largest absolute Gasteiger partial charge is 0.353 e. The fourth-order valence-electron chi connectivity index (χ4n) is 1.84. The normalized spacial score (nSPS) is 16.4. The average Bonchev–Trinajstić information content (AvgIpc) is 3.08. The van der Waals surface area contributed by atoms with Gasteiger partial charge < -0.3 is 11.1 Å². The zero-order chi connectivity index (χ0) is 13.1. The zero-order valence-electron chi connectivity index (χ0n) is 9.96. The molecule has 1 aromatic carbocycles. The van der Waals surface area contributed by atoms with Gasteiger partial charge in [0.15, 0.2) is 0 Å². The number of nitrogens with one attached hydrogen (secondary N) is 1. The number of halogens is 2. The van der Waals surface area contributed by atoms with Gasteiger partial charge in [-0.2, -0.15) is 0 Å². The highest BCUT2D eigenvalue weighted by Crippen LogP contribution is 2.20. The topological polar surface area (TPSA) is 55.1 Å². The van der Waals surface area contributed by atoms with Crippen LogP contribution in [0.4, 0.5) is 8.78 Å². The highest BCUT2D eigenvalue weighted by molar-refractivity contribution is 5.79. The van der Waals surface area contributed by atoms with Crippen molar-refractivity contribution in [2.24, 2.45) is 11.7 Å². The third-order valence-electron chi connectivity index (χ3n) is 2.98. The zero-order valence-corrected chi connectivity index (χ0v) is 9.96. The summed E-state index contributed by atoms with van der Waals surface area (Å²) in [5.41, 5.74) is 6.00. The number of benzene rings is 1. The Bertz CT molecular complexity index is 426. The number of carbonyl (C=O) groups is 1. The summed E-state index contributed by atoms with van der Waals surface area (Å²) in [5.74, 6) is -1.84. The highest BCUT2D eigenvalue weighted by atomic mass is 19.1. The summed E-state index contributed by atoms with van der Waals surface area (Å²) in [6.45, 7) is 0.163. The van der Waals surface area contributed by atoms with E-state index >= 15 is 0 Å². The van der Waals surface area contributed by atoms with Crippen molar-refractivity contribution in [1.82, 2.24) is 5.32 Å². The molecule has 0 aromatic heterocycles. The third kappa shape index (κ3) is 3.50. The van der Waals surface area contributed by atoms with Gasteiger partial charge in [-0.1, -0.05) is 0 Å². The maximum absolute atomic E-state index is 13.0. The van der Waals surface area contributed by atoms with Gasteiger partial charge in [0.25, 0.3) is 0 Å².